The first-order valence-corrected chi connectivity index (χ1v) is 5.65. The van der Waals surface area contributed by atoms with E-state index in [9.17, 15) is 9.59 Å². The van der Waals surface area contributed by atoms with E-state index in [0.29, 0.717) is 5.57 Å². The Morgan fingerprint density at radius 2 is 2.00 bits per heavy atom. The summed E-state index contributed by atoms with van der Waals surface area (Å²) in [7, 11) is 3.69. The Kier molecular flexibility index (Phi) is 4.52. The van der Waals surface area contributed by atoms with Gasteiger partial charge in [-0.05, 0) is 25.7 Å². The molecule has 0 heterocycles. The zero-order chi connectivity index (χ0) is 12.1. The van der Waals surface area contributed by atoms with Crippen LogP contribution in [-0.2, 0) is 14.3 Å². The Balaban J connectivity index is 2.76. The molecule has 0 amide bonds. The number of ether oxygens (including phenoxy) is 1. The fourth-order valence-electron chi connectivity index (χ4n) is 1.66. The van der Waals surface area contributed by atoms with Crippen molar-refractivity contribution in [2.24, 2.45) is 5.92 Å². The number of ketones is 1. The van der Waals surface area contributed by atoms with Crippen LogP contribution in [0.15, 0.2) is 11.8 Å². The molecule has 1 aliphatic rings. The number of esters is 1. The van der Waals surface area contributed by atoms with Crippen molar-refractivity contribution in [1.29, 1.82) is 0 Å². The first-order chi connectivity index (χ1) is 7.56. The zero-order valence-corrected chi connectivity index (χ0v) is 10.2. The van der Waals surface area contributed by atoms with E-state index >= 15 is 0 Å². The van der Waals surface area contributed by atoms with Crippen LogP contribution in [-0.4, -0.2) is 37.4 Å². The predicted octanol–water partition coefficient (Wildman–Crippen LogP) is 1.36. The highest BCUT2D eigenvalue weighted by atomic mass is 16.5. The van der Waals surface area contributed by atoms with Crippen LogP contribution in [0.5, 0.6) is 0 Å². The average molecular weight is 225 g/mol. The number of rotatable bonds is 5. The van der Waals surface area contributed by atoms with Gasteiger partial charge in [0.25, 0.3) is 5.78 Å². The minimum Gasteiger partial charge on any atom is -0.460 e. The largest absolute Gasteiger partial charge is 0.460 e. The Hall–Kier alpha value is -1.32. The SMILES string of the molecule is CCOC(=O)C(=O)/C(=C\N(C)C)C1CCC1. The van der Waals surface area contributed by atoms with Crippen molar-refractivity contribution < 1.29 is 14.3 Å². The molecule has 1 saturated carbocycles. The van der Waals surface area contributed by atoms with Gasteiger partial charge in [-0.15, -0.1) is 0 Å². The molecule has 1 aliphatic carbocycles. The first kappa shape index (κ1) is 12.7. The van der Waals surface area contributed by atoms with Gasteiger partial charge in [0, 0.05) is 25.9 Å². The summed E-state index contributed by atoms with van der Waals surface area (Å²) >= 11 is 0. The molecule has 0 aliphatic heterocycles. The normalized spacial score (nSPS) is 16.6. The van der Waals surface area contributed by atoms with Crippen LogP contribution in [0.1, 0.15) is 26.2 Å². The zero-order valence-electron chi connectivity index (χ0n) is 10.2. The molecule has 0 radical (unpaired) electrons. The molecule has 1 fully saturated rings. The molecule has 0 saturated heterocycles. The standard InChI is InChI=1S/C12H19NO3/c1-4-16-12(15)11(14)10(8-13(2)3)9-6-5-7-9/h8-9H,4-7H2,1-3H3/b10-8-. The Morgan fingerprint density at radius 1 is 1.38 bits per heavy atom. The molecule has 0 aromatic rings. The predicted molar refractivity (Wildman–Crippen MR) is 60.8 cm³/mol. The second-order valence-corrected chi connectivity index (χ2v) is 4.23. The minimum absolute atomic E-state index is 0.235. The molecule has 0 atom stereocenters. The van der Waals surface area contributed by atoms with Crippen molar-refractivity contribution >= 4 is 11.8 Å². The van der Waals surface area contributed by atoms with Gasteiger partial charge in [-0.25, -0.2) is 4.79 Å². The van der Waals surface area contributed by atoms with Crippen molar-refractivity contribution in [2.45, 2.75) is 26.2 Å². The van der Waals surface area contributed by atoms with Crippen LogP contribution in [0, 0.1) is 5.92 Å². The molecule has 16 heavy (non-hydrogen) atoms. The second-order valence-electron chi connectivity index (χ2n) is 4.23. The summed E-state index contributed by atoms with van der Waals surface area (Å²) in [4.78, 5) is 25.0. The van der Waals surface area contributed by atoms with Gasteiger partial charge in [0.2, 0.25) is 0 Å². The molecule has 0 unspecified atom stereocenters. The molecular formula is C12H19NO3. The highest BCUT2D eigenvalue weighted by Gasteiger charge is 2.31. The van der Waals surface area contributed by atoms with Crippen molar-refractivity contribution in [3.05, 3.63) is 11.8 Å². The number of nitrogens with zero attached hydrogens (tertiary/aromatic N) is 1. The van der Waals surface area contributed by atoms with E-state index in [1.54, 1.807) is 18.0 Å². The van der Waals surface area contributed by atoms with E-state index < -0.39 is 11.8 Å². The maximum absolute atomic E-state index is 11.8. The fraction of sp³-hybridized carbons (Fsp3) is 0.667. The van der Waals surface area contributed by atoms with E-state index in [0.717, 1.165) is 19.3 Å². The van der Waals surface area contributed by atoms with E-state index in [1.807, 2.05) is 14.1 Å². The fourth-order valence-corrected chi connectivity index (χ4v) is 1.66. The van der Waals surface area contributed by atoms with Gasteiger partial charge in [-0.2, -0.15) is 0 Å². The Labute approximate surface area is 96.3 Å². The summed E-state index contributed by atoms with van der Waals surface area (Å²) in [6.07, 6.45) is 4.85. The Bertz CT molecular complexity index is 303. The van der Waals surface area contributed by atoms with Gasteiger partial charge >= 0.3 is 5.97 Å². The number of Topliss-reactive ketones (excluding diaryl/α,β-unsaturated/α-hetero) is 1. The summed E-state index contributed by atoms with van der Waals surface area (Å²) in [5.74, 6) is -0.984. The summed E-state index contributed by atoms with van der Waals surface area (Å²) in [6, 6.07) is 0. The summed E-state index contributed by atoms with van der Waals surface area (Å²) < 4.78 is 4.74. The van der Waals surface area contributed by atoms with Crippen molar-refractivity contribution in [1.82, 2.24) is 4.90 Å². The van der Waals surface area contributed by atoms with Crippen LogP contribution >= 0.6 is 0 Å². The van der Waals surface area contributed by atoms with Crippen molar-refractivity contribution in [3.63, 3.8) is 0 Å². The molecular weight excluding hydrogens is 206 g/mol. The van der Waals surface area contributed by atoms with Crippen LogP contribution in [0.2, 0.25) is 0 Å². The van der Waals surface area contributed by atoms with Crippen molar-refractivity contribution in [3.8, 4) is 0 Å². The molecule has 0 N–H and O–H groups in total. The highest BCUT2D eigenvalue weighted by Crippen LogP contribution is 2.33. The molecule has 0 aromatic carbocycles. The quantitative estimate of drug-likeness (QED) is 0.403. The molecule has 0 bridgehead atoms. The molecule has 0 spiro atoms. The van der Waals surface area contributed by atoms with Crippen LogP contribution < -0.4 is 0 Å². The average Bonchev–Trinajstić information content (AvgIpc) is 2.12. The maximum Gasteiger partial charge on any atom is 0.379 e. The lowest BCUT2D eigenvalue weighted by Crippen LogP contribution is -2.28. The van der Waals surface area contributed by atoms with Gasteiger partial charge in [-0.1, -0.05) is 6.42 Å². The van der Waals surface area contributed by atoms with E-state index in [2.05, 4.69) is 0 Å². The third-order valence-electron chi connectivity index (χ3n) is 2.67. The van der Waals surface area contributed by atoms with Gasteiger partial charge < -0.3 is 9.64 Å². The summed E-state index contributed by atoms with van der Waals surface area (Å²) in [6.45, 7) is 1.94. The molecule has 90 valence electrons. The molecule has 1 rings (SSSR count). The topological polar surface area (TPSA) is 46.6 Å². The monoisotopic (exact) mass is 225 g/mol. The van der Waals surface area contributed by atoms with E-state index in [4.69, 9.17) is 4.74 Å². The summed E-state index contributed by atoms with van der Waals surface area (Å²) in [5.41, 5.74) is 0.592. The second kappa shape index (κ2) is 5.68. The number of hydrogen-bond donors (Lipinski definition) is 0. The molecule has 4 nitrogen and oxygen atoms in total. The van der Waals surface area contributed by atoms with E-state index in [-0.39, 0.29) is 12.5 Å². The lowest BCUT2D eigenvalue weighted by molar-refractivity contribution is -0.152. The van der Waals surface area contributed by atoms with E-state index in [1.165, 1.54) is 0 Å². The van der Waals surface area contributed by atoms with Gasteiger partial charge in [0.15, 0.2) is 0 Å². The minimum atomic E-state index is -0.734. The summed E-state index contributed by atoms with van der Waals surface area (Å²) in [5, 5.41) is 0. The van der Waals surface area contributed by atoms with Gasteiger partial charge in [0.1, 0.15) is 0 Å². The third-order valence-corrected chi connectivity index (χ3v) is 2.67. The highest BCUT2D eigenvalue weighted by molar-refractivity contribution is 6.40. The number of carbonyl (C=O) groups excluding carboxylic acids is 2. The first-order valence-electron chi connectivity index (χ1n) is 5.65. The lowest BCUT2D eigenvalue weighted by atomic mass is 9.78. The maximum atomic E-state index is 11.8. The van der Waals surface area contributed by atoms with Crippen LogP contribution in [0.3, 0.4) is 0 Å². The lowest BCUT2D eigenvalue weighted by Gasteiger charge is -2.27. The Morgan fingerprint density at radius 3 is 2.38 bits per heavy atom. The number of carbonyl (C=O) groups is 2. The van der Waals surface area contributed by atoms with Gasteiger partial charge in [0.05, 0.1) is 6.61 Å². The van der Waals surface area contributed by atoms with Gasteiger partial charge in [-0.3, -0.25) is 4.79 Å². The smallest absolute Gasteiger partial charge is 0.379 e. The third kappa shape index (κ3) is 3.08. The molecule has 0 aromatic heterocycles. The molecule has 4 heteroatoms. The van der Waals surface area contributed by atoms with Crippen LogP contribution in [0.4, 0.5) is 0 Å². The number of hydrogen-bond acceptors (Lipinski definition) is 4. The van der Waals surface area contributed by atoms with Crippen LogP contribution in [0.25, 0.3) is 0 Å². The van der Waals surface area contributed by atoms with Crippen molar-refractivity contribution in [2.75, 3.05) is 20.7 Å².